The van der Waals surface area contributed by atoms with Crippen LogP contribution in [0.2, 0.25) is 0 Å². The predicted molar refractivity (Wildman–Crippen MR) is 93.9 cm³/mol. The van der Waals surface area contributed by atoms with Crippen LogP contribution in [-0.2, 0) is 16.0 Å². The largest absolute Gasteiger partial charge is 0.444 e. The lowest BCUT2D eigenvalue weighted by atomic mass is 10.0. The molecule has 0 saturated heterocycles. The Morgan fingerprint density at radius 2 is 2.00 bits per heavy atom. The number of benzene rings is 1. The highest BCUT2D eigenvalue weighted by molar-refractivity contribution is 5.82. The van der Waals surface area contributed by atoms with Gasteiger partial charge in [-0.1, -0.05) is 12.1 Å². The third kappa shape index (κ3) is 4.30. The van der Waals surface area contributed by atoms with Crippen molar-refractivity contribution in [3.05, 3.63) is 34.9 Å². The van der Waals surface area contributed by atoms with Crippen molar-refractivity contribution < 1.29 is 14.3 Å². The number of nitriles is 1. The van der Waals surface area contributed by atoms with Crippen molar-refractivity contribution in [3.63, 3.8) is 0 Å². The molecule has 1 aliphatic rings. The van der Waals surface area contributed by atoms with Gasteiger partial charge in [0.15, 0.2) is 0 Å². The zero-order valence-corrected chi connectivity index (χ0v) is 15.5. The minimum absolute atomic E-state index is 0.0528. The molecule has 6 heteroatoms. The Morgan fingerprint density at radius 3 is 2.56 bits per heavy atom. The molecule has 0 fully saturated rings. The summed E-state index contributed by atoms with van der Waals surface area (Å²) in [6, 6.07) is 7.46. The normalized spacial score (nSPS) is 15.9. The summed E-state index contributed by atoms with van der Waals surface area (Å²) in [6.45, 7) is 5.34. The van der Waals surface area contributed by atoms with Crippen molar-refractivity contribution in [1.82, 2.24) is 9.80 Å². The van der Waals surface area contributed by atoms with Crippen LogP contribution in [-0.4, -0.2) is 48.0 Å². The molecule has 2 rings (SSSR count). The van der Waals surface area contributed by atoms with Gasteiger partial charge in [-0.05, 0) is 50.8 Å². The van der Waals surface area contributed by atoms with Gasteiger partial charge in [-0.3, -0.25) is 9.69 Å². The van der Waals surface area contributed by atoms with Crippen LogP contribution >= 0.6 is 0 Å². The Labute approximate surface area is 149 Å². The molecule has 1 aromatic carbocycles. The highest BCUT2D eigenvalue weighted by atomic mass is 16.6. The van der Waals surface area contributed by atoms with E-state index in [-0.39, 0.29) is 18.5 Å². The van der Waals surface area contributed by atoms with Crippen LogP contribution in [0.5, 0.6) is 0 Å². The van der Waals surface area contributed by atoms with Gasteiger partial charge in [0.05, 0.1) is 17.7 Å². The van der Waals surface area contributed by atoms with E-state index in [9.17, 15) is 14.9 Å². The zero-order valence-electron chi connectivity index (χ0n) is 15.5. The van der Waals surface area contributed by atoms with Crippen LogP contribution in [0.3, 0.4) is 0 Å². The highest BCUT2D eigenvalue weighted by Crippen LogP contribution is 2.38. The minimum atomic E-state index is -0.646. The Kier molecular flexibility index (Phi) is 5.36. The van der Waals surface area contributed by atoms with E-state index in [0.29, 0.717) is 18.4 Å². The van der Waals surface area contributed by atoms with Gasteiger partial charge >= 0.3 is 6.09 Å². The maximum Gasteiger partial charge on any atom is 0.411 e. The number of ether oxygens (including phenoxy) is 1. The monoisotopic (exact) mass is 343 g/mol. The quantitative estimate of drug-likeness (QED) is 0.846. The van der Waals surface area contributed by atoms with Crippen LogP contribution in [0.25, 0.3) is 0 Å². The summed E-state index contributed by atoms with van der Waals surface area (Å²) in [5.74, 6) is -0.171. The molecule has 0 aliphatic heterocycles. The van der Waals surface area contributed by atoms with Crippen LogP contribution in [0.4, 0.5) is 4.79 Å². The topological polar surface area (TPSA) is 73.6 Å². The predicted octanol–water partition coefficient (Wildman–Crippen LogP) is 2.87. The summed E-state index contributed by atoms with van der Waals surface area (Å²) in [6.07, 6.45) is 0.871. The fraction of sp³-hybridized carbons (Fsp3) is 0.526. The Bertz CT molecular complexity index is 714. The average molecular weight is 343 g/mol. The molecular weight excluding hydrogens is 318 g/mol. The number of hydrogen-bond donors (Lipinski definition) is 0. The first-order valence-electron chi connectivity index (χ1n) is 8.35. The number of hydrogen-bond acceptors (Lipinski definition) is 4. The summed E-state index contributed by atoms with van der Waals surface area (Å²) in [5.41, 5.74) is 1.87. The van der Waals surface area contributed by atoms with Crippen molar-refractivity contribution in [2.45, 2.75) is 45.3 Å². The molecule has 1 aliphatic carbocycles. The smallest absolute Gasteiger partial charge is 0.411 e. The third-order valence-corrected chi connectivity index (χ3v) is 4.17. The first kappa shape index (κ1) is 18.8. The standard InChI is InChI=1S/C19H25N3O3/c1-19(2,3)25-18(24)22(12-17(23)21(4)5)16-10-9-14-13(11-20)7-6-8-15(14)16/h6-8,16H,9-10,12H2,1-5H3. The van der Waals surface area contributed by atoms with Crippen molar-refractivity contribution in [1.29, 1.82) is 5.26 Å². The molecule has 1 unspecified atom stereocenters. The van der Waals surface area contributed by atoms with Crippen LogP contribution in [0, 0.1) is 11.3 Å². The summed E-state index contributed by atoms with van der Waals surface area (Å²) >= 11 is 0. The van der Waals surface area contributed by atoms with Crippen molar-refractivity contribution in [2.24, 2.45) is 0 Å². The number of amides is 2. The van der Waals surface area contributed by atoms with Gasteiger partial charge < -0.3 is 9.64 Å². The van der Waals surface area contributed by atoms with Crippen molar-refractivity contribution in [2.75, 3.05) is 20.6 Å². The van der Waals surface area contributed by atoms with Gasteiger partial charge in [-0.25, -0.2) is 4.79 Å². The molecule has 0 aromatic heterocycles. The molecule has 25 heavy (non-hydrogen) atoms. The number of rotatable bonds is 3. The van der Waals surface area contributed by atoms with E-state index in [1.165, 1.54) is 9.80 Å². The zero-order chi connectivity index (χ0) is 18.8. The Hall–Kier alpha value is -2.55. The Balaban J connectivity index is 2.36. The lowest BCUT2D eigenvalue weighted by molar-refractivity contribution is -0.130. The number of carbonyl (C=O) groups is 2. The summed E-state index contributed by atoms with van der Waals surface area (Å²) in [4.78, 5) is 27.9. The molecule has 0 spiro atoms. The summed E-state index contributed by atoms with van der Waals surface area (Å²) < 4.78 is 5.52. The SMILES string of the molecule is CN(C)C(=O)CN(C(=O)OC(C)(C)C)C1CCc2c(C#N)cccc21. The van der Waals surface area contributed by atoms with Crippen molar-refractivity contribution >= 4 is 12.0 Å². The third-order valence-electron chi connectivity index (χ3n) is 4.17. The molecule has 1 aromatic rings. The highest BCUT2D eigenvalue weighted by Gasteiger charge is 2.35. The number of fused-ring (bicyclic) bond motifs is 1. The molecule has 0 N–H and O–H groups in total. The molecule has 134 valence electrons. The van der Waals surface area contributed by atoms with Crippen molar-refractivity contribution in [3.8, 4) is 6.07 Å². The molecule has 1 atom stereocenters. The number of likely N-dealkylation sites (N-methyl/N-ethyl adjacent to an activating group) is 1. The molecular formula is C19H25N3O3. The lowest BCUT2D eigenvalue weighted by Crippen LogP contribution is -2.44. The van der Waals surface area contributed by atoms with E-state index >= 15 is 0 Å². The van der Waals surface area contributed by atoms with Crippen LogP contribution < -0.4 is 0 Å². The van der Waals surface area contributed by atoms with Crippen LogP contribution in [0.1, 0.15) is 49.9 Å². The first-order chi connectivity index (χ1) is 11.6. The maximum atomic E-state index is 12.7. The number of nitrogens with zero attached hydrogens (tertiary/aromatic N) is 3. The molecule has 2 amide bonds. The van der Waals surface area contributed by atoms with Gasteiger partial charge in [-0.2, -0.15) is 5.26 Å². The fourth-order valence-electron chi connectivity index (χ4n) is 2.97. The van der Waals surface area contributed by atoms with Gasteiger partial charge in [0, 0.05) is 14.1 Å². The molecule has 0 bridgehead atoms. The lowest BCUT2D eigenvalue weighted by Gasteiger charge is -2.32. The second kappa shape index (κ2) is 7.14. The second-order valence-electron chi connectivity index (χ2n) is 7.44. The second-order valence-corrected chi connectivity index (χ2v) is 7.44. The Morgan fingerprint density at radius 1 is 1.32 bits per heavy atom. The van der Waals surface area contributed by atoms with Gasteiger partial charge in [0.2, 0.25) is 5.91 Å². The summed E-state index contributed by atoms with van der Waals surface area (Å²) in [7, 11) is 3.32. The maximum absolute atomic E-state index is 12.7. The first-order valence-corrected chi connectivity index (χ1v) is 8.35. The van der Waals surface area contributed by atoms with Gasteiger partial charge in [0.1, 0.15) is 12.1 Å². The van der Waals surface area contributed by atoms with E-state index in [1.54, 1.807) is 40.9 Å². The molecule has 0 heterocycles. The van der Waals surface area contributed by atoms with Gasteiger partial charge in [-0.15, -0.1) is 0 Å². The molecule has 6 nitrogen and oxygen atoms in total. The van der Waals surface area contributed by atoms with E-state index in [4.69, 9.17) is 4.74 Å². The van der Waals surface area contributed by atoms with Gasteiger partial charge in [0.25, 0.3) is 0 Å². The van der Waals surface area contributed by atoms with E-state index in [1.807, 2.05) is 12.1 Å². The number of carbonyl (C=O) groups excluding carboxylic acids is 2. The molecule has 0 saturated carbocycles. The van der Waals surface area contributed by atoms with E-state index in [2.05, 4.69) is 6.07 Å². The minimum Gasteiger partial charge on any atom is -0.444 e. The summed E-state index contributed by atoms with van der Waals surface area (Å²) in [5, 5.41) is 9.29. The molecule has 0 radical (unpaired) electrons. The average Bonchev–Trinajstić information content (AvgIpc) is 2.94. The van der Waals surface area contributed by atoms with E-state index in [0.717, 1.165) is 11.1 Å². The van der Waals surface area contributed by atoms with Crippen LogP contribution in [0.15, 0.2) is 18.2 Å². The fourth-order valence-corrected chi connectivity index (χ4v) is 2.97. The van der Waals surface area contributed by atoms with E-state index < -0.39 is 11.7 Å².